The molecular weight excluding hydrogens is 531 g/mol. The Labute approximate surface area is 219 Å². The van der Waals surface area contributed by atoms with Crippen LogP contribution in [0.2, 0.25) is 0 Å². The topological polar surface area (TPSA) is 84.0 Å². The van der Waals surface area contributed by atoms with Crippen LogP contribution in [-0.2, 0) is 22.4 Å². The number of halogens is 2. The second-order valence-electron chi connectivity index (χ2n) is 8.94. The minimum absolute atomic E-state index is 0.0435. The van der Waals surface area contributed by atoms with Crippen molar-refractivity contribution in [1.82, 2.24) is 14.8 Å². The molecule has 1 fully saturated rings. The normalized spacial score (nSPS) is 15.9. The van der Waals surface area contributed by atoms with Gasteiger partial charge in [-0.25, -0.2) is 14.2 Å². The molecule has 2 aromatic rings. The molecule has 0 saturated carbocycles. The molecule has 2 amide bonds. The third-order valence-electron chi connectivity index (χ3n) is 6.61. The second-order valence-corrected chi connectivity index (χ2v) is 9.79. The van der Waals surface area contributed by atoms with Crippen LogP contribution in [0.5, 0.6) is 5.75 Å². The molecule has 194 valence electrons. The number of carbonyl (C=O) groups excluding carboxylic acids is 2. The average molecular weight is 563 g/mol. The molecule has 8 nitrogen and oxygen atoms in total. The van der Waals surface area contributed by atoms with Crippen LogP contribution >= 0.6 is 15.9 Å². The van der Waals surface area contributed by atoms with Crippen LogP contribution in [0.3, 0.4) is 0 Å². The molecular formula is C26H32BrFN4O4. The van der Waals surface area contributed by atoms with E-state index in [0.717, 1.165) is 48.2 Å². The number of aryl methyl sites for hydroxylation is 2. The lowest BCUT2D eigenvalue weighted by Gasteiger charge is -2.28. The summed E-state index contributed by atoms with van der Waals surface area (Å²) >= 11 is 3.64. The Bertz CT molecular complexity index is 1120. The van der Waals surface area contributed by atoms with E-state index in [1.54, 1.807) is 22.8 Å². The van der Waals surface area contributed by atoms with E-state index in [1.165, 1.54) is 24.8 Å². The molecule has 10 heteroatoms. The molecule has 0 unspecified atom stereocenters. The zero-order chi connectivity index (χ0) is 25.7. The molecule has 2 aliphatic rings. The van der Waals surface area contributed by atoms with Crippen molar-refractivity contribution in [2.24, 2.45) is 0 Å². The Morgan fingerprint density at radius 2 is 2.14 bits per heavy atom. The van der Waals surface area contributed by atoms with Crippen LogP contribution in [0.15, 0.2) is 28.7 Å². The minimum atomic E-state index is -0.621. The maximum atomic E-state index is 14.5. The Hall–Kier alpha value is -2.88. The molecule has 1 saturated heterocycles. The van der Waals surface area contributed by atoms with Crippen molar-refractivity contribution in [2.75, 3.05) is 45.2 Å². The molecule has 1 atom stereocenters. The third kappa shape index (κ3) is 5.91. The fraction of sp³-hybridized carbons (Fsp3) is 0.500. The van der Waals surface area contributed by atoms with Crippen LogP contribution < -0.4 is 10.1 Å². The number of anilines is 1. The van der Waals surface area contributed by atoms with Gasteiger partial charge in [0.2, 0.25) is 0 Å². The number of aromatic nitrogens is 1. The predicted octanol–water partition coefficient (Wildman–Crippen LogP) is 4.71. The van der Waals surface area contributed by atoms with Gasteiger partial charge >= 0.3 is 12.0 Å². The summed E-state index contributed by atoms with van der Waals surface area (Å²) in [6.45, 7) is 4.46. The highest BCUT2D eigenvalue weighted by atomic mass is 79.9. The van der Waals surface area contributed by atoms with E-state index >= 15 is 0 Å². The number of nitrogens with one attached hydrogen (secondary N) is 1. The van der Waals surface area contributed by atoms with Crippen molar-refractivity contribution in [3.63, 3.8) is 0 Å². The van der Waals surface area contributed by atoms with E-state index < -0.39 is 17.8 Å². The van der Waals surface area contributed by atoms with Gasteiger partial charge < -0.3 is 24.6 Å². The number of amides is 2. The van der Waals surface area contributed by atoms with Crippen molar-refractivity contribution >= 4 is 33.7 Å². The monoisotopic (exact) mass is 562 g/mol. The molecule has 1 aromatic carbocycles. The molecule has 36 heavy (non-hydrogen) atoms. The first-order valence-electron chi connectivity index (χ1n) is 12.4. The summed E-state index contributed by atoms with van der Waals surface area (Å²) in [6, 6.07) is 5.88. The van der Waals surface area contributed by atoms with Gasteiger partial charge in [0.25, 0.3) is 0 Å². The van der Waals surface area contributed by atoms with Gasteiger partial charge in [-0.3, -0.25) is 4.79 Å². The minimum Gasteiger partial charge on any atom is -0.494 e. The summed E-state index contributed by atoms with van der Waals surface area (Å²) in [5, 5.41) is 3.36. The van der Waals surface area contributed by atoms with E-state index in [-0.39, 0.29) is 24.8 Å². The Morgan fingerprint density at radius 3 is 2.89 bits per heavy atom. The van der Waals surface area contributed by atoms with Gasteiger partial charge in [-0.15, -0.1) is 0 Å². The smallest absolute Gasteiger partial charge is 0.320 e. The summed E-state index contributed by atoms with van der Waals surface area (Å²) < 4.78 is 25.6. The van der Waals surface area contributed by atoms with Crippen molar-refractivity contribution in [3.05, 3.63) is 51.4 Å². The zero-order valence-corrected chi connectivity index (χ0v) is 22.3. The molecule has 3 heterocycles. The highest BCUT2D eigenvalue weighted by molar-refractivity contribution is 9.10. The van der Waals surface area contributed by atoms with Gasteiger partial charge in [0, 0.05) is 30.7 Å². The van der Waals surface area contributed by atoms with Crippen LogP contribution in [0.25, 0.3) is 0 Å². The van der Waals surface area contributed by atoms with Gasteiger partial charge in [-0.1, -0.05) is 6.07 Å². The SMILES string of the molecule is CCOC(=O)C[C@@H](c1ccc(OC)c(F)c1)N1CCN(CCCc2nc3c(cc2Br)CCCN3)C1=O. The number of ether oxygens (including phenoxy) is 2. The molecule has 4 rings (SSSR count). The molecule has 0 radical (unpaired) electrons. The number of hydrogen-bond acceptors (Lipinski definition) is 6. The fourth-order valence-corrected chi connectivity index (χ4v) is 5.34. The van der Waals surface area contributed by atoms with Gasteiger partial charge in [-0.05, 0) is 77.9 Å². The highest BCUT2D eigenvalue weighted by Crippen LogP contribution is 2.32. The Balaban J connectivity index is 1.42. The zero-order valence-electron chi connectivity index (χ0n) is 20.7. The quantitative estimate of drug-likeness (QED) is 0.422. The maximum Gasteiger partial charge on any atom is 0.320 e. The van der Waals surface area contributed by atoms with Crippen LogP contribution in [0.1, 0.15) is 49.0 Å². The van der Waals surface area contributed by atoms with Gasteiger partial charge in [0.1, 0.15) is 5.82 Å². The number of pyridine rings is 1. The summed E-state index contributed by atoms with van der Waals surface area (Å²) in [5.74, 6) is 0.100. The molecule has 1 aromatic heterocycles. The molecule has 0 bridgehead atoms. The number of rotatable bonds is 10. The summed E-state index contributed by atoms with van der Waals surface area (Å²) in [5.41, 5.74) is 2.73. The molecule has 0 aliphatic carbocycles. The van der Waals surface area contributed by atoms with E-state index in [0.29, 0.717) is 25.2 Å². The first-order chi connectivity index (χ1) is 17.4. The molecule has 1 N–H and O–H groups in total. The van der Waals surface area contributed by atoms with E-state index in [4.69, 9.17) is 14.5 Å². The Kier molecular flexibility index (Phi) is 8.66. The van der Waals surface area contributed by atoms with Gasteiger partial charge in [0.15, 0.2) is 11.6 Å². The second kappa shape index (κ2) is 11.9. The number of methoxy groups -OCH3 is 1. The lowest BCUT2D eigenvalue weighted by atomic mass is 10.0. The van der Waals surface area contributed by atoms with Crippen molar-refractivity contribution in [2.45, 2.75) is 45.1 Å². The largest absolute Gasteiger partial charge is 0.494 e. The van der Waals surface area contributed by atoms with Crippen LogP contribution in [0.4, 0.5) is 15.0 Å². The van der Waals surface area contributed by atoms with Crippen molar-refractivity contribution < 1.29 is 23.5 Å². The first kappa shape index (κ1) is 26.2. The highest BCUT2D eigenvalue weighted by Gasteiger charge is 2.36. The first-order valence-corrected chi connectivity index (χ1v) is 13.2. The lowest BCUT2D eigenvalue weighted by Crippen LogP contribution is -2.36. The number of nitrogens with zero attached hydrogens (tertiary/aromatic N) is 3. The predicted molar refractivity (Wildman–Crippen MR) is 138 cm³/mol. The number of benzene rings is 1. The maximum absolute atomic E-state index is 14.5. The van der Waals surface area contributed by atoms with E-state index in [9.17, 15) is 14.0 Å². The average Bonchev–Trinajstić information content (AvgIpc) is 3.22. The number of fused-ring (bicyclic) bond motifs is 1. The van der Waals surface area contributed by atoms with Crippen molar-refractivity contribution in [3.8, 4) is 5.75 Å². The van der Waals surface area contributed by atoms with Gasteiger partial charge in [-0.2, -0.15) is 0 Å². The molecule has 2 aliphatic heterocycles. The summed E-state index contributed by atoms with van der Waals surface area (Å²) in [6.07, 6.45) is 3.57. The van der Waals surface area contributed by atoms with Crippen LogP contribution in [0, 0.1) is 5.82 Å². The third-order valence-corrected chi connectivity index (χ3v) is 7.30. The lowest BCUT2D eigenvalue weighted by molar-refractivity contribution is -0.144. The number of esters is 1. The summed E-state index contributed by atoms with van der Waals surface area (Å²) in [4.78, 5) is 33.8. The van der Waals surface area contributed by atoms with Crippen molar-refractivity contribution in [1.29, 1.82) is 0 Å². The van der Waals surface area contributed by atoms with Crippen LogP contribution in [-0.4, -0.2) is 66.7 Å². The molecule has 0 spiro atoms. The summed E-state index contributed by atoms with van der Waals surface area (Å²) in [7, 11) is 1.39. The fourth-order valence-electron chi connectivity index (χ4n) is 4.78. The standard InChI is InChI=1S/C26H32BrFN4O4/c1-3-36-24(33)16-22(17-8-9-23(35-2)20(28)15-17)32-13-12-31(26(32)34)11-5-7-21-19(27)14-18-6-4-10-29-25(18)30-21/h8-9,14-15,22H,3-7,10-13,16H2,1-2H3,(H,29,30)/t22-/m0/s1. The van der Waals surface area contributed by atoms with Gasteiger partial charge in [0.05, 0.1) is 31.9 Å². The number of hydrogen-bond donors (Lipinski definition) is 1. The van der Waals surface area contributed by atoms with E-state index in [1.807, 2.05) is 0 Å². The number of carbonyl (C=O) groups is 2. The van der Waals surface area contributed by atoms with E-state index in [2.05, 4.69) is 27.3 Å². The Morgan fingerprint density at radius 1 is 1.31 bits per heavy atom. The number of urea groups is 1.